The van der Waals surface area contributed by atoms with E-state index in [-0.39, 0.29) is 11.9 Å². The number of pyridine rings is 1. The Balaban J connectivity index is 1.51. The zero-order valence-corrected chi connectivity index (χ0v) is 18.8. The van der Waals surface area contributed by atoms with Gasteiger partial charge in [0.15, 0.2) is 0 Å². The molecule has 1 saturated heterocycles. The van der Waals surface area contributed by atoms with Gasteiger partial charge in [0.2, 0.25) is 5.95 Å². The van der Waals surface area contributed by atoms with Crippen LogP contribution in [0.15, 0.2) is 54.7 Å². The van der Waals surface area contributed by atoms with Crippen LogP contribution in [-0.2, 0) is 0 Å². The van der Waals surface area contributed by atoms with E-state index < -0.39 is 0 Å². The molecule has 1 aliphatic heterocycles. The number of benzene rings is 2. The predicted molar refractivity (Wildman–Crippen MR) is 129 cm³/mol. The molecule has 2 aromatic carbocycles. The number of hydrogen-bond acceptors (Lipinski definition) is 5. The lowest BCUT2D eigenvalue weighted by Crippen LogP contribution is -2.43. The minimum Gasteiger partial charge on any atom is -0.323 e. The zero-order chi connectivity index (χ0) is 22.2. The Labute approximate surface area is 198 Å². The lowest BCUT2D eigenvalue weighted by atomic mass is 10.1. The fourth-order valence-corrected chi connectivity index (χ4v) is 4.20. The van der Waals surface area contributed by atoms with E-state index in [1.54, 1.807) is 42.5 Å². The van der Waals surface area contributed by atoms with Crippen molar-refractivity contribution in [1.29, 1.82) is 0 Å². The summed E-state index contributed by atoms with van der Waals surface area (Å²) in [5.41, 5.74) is 2.62. The van der Waals surface area contributed by atoms with Crippen LogP contribution in [0.25, 0.3) is 11.0 Å². The maximum Gasteiger partial charge on any atom is 0.256 e. The fourth-order valence-electron chi connectivity index (χ4n) is 3.54. The van der Waals surface area contributed by atoms with Gasteiger partial charge < -0.3 is 20.5 Å². The second kappa shape index (κ2) is 8.60. The number of hydrogen-bond donors (Lipinski definition) is 3. The molecule has 0 unspecified atom stereocenters. The normalized spacial score (nSPS) is 13.7. The van der Waals surface area contributed by atoms with Crippen LogP contribution in [0.1, 0.15) is 16.4 Å². The molecule has 0 atom stereocenters. The Hall–Kier alpha value is -2.84. The number of halogens is 3. The largest absolute Gasteiger partial charge is 0.323 e. The van der Waals surface area contributed by atoms with Gasteiger partial charge in [0.05, 0.1) is 32.8 Å². The van der Waals surface area contributed by atoms with Crippen LogP contribution < -0.4 is 16.0 Å². The van der Waals surface area contributed by atoms with Crippen molar-refractivity contribution in [3.8, 4) is 0 Å². The van der Waals surface area contributed by atoms with E-state index in [9.17, 15) is 4.79 Å². The van der Waals surface area contributed by atoms with Crippen molar-refractivity contribution in [3.05, 3.63) is 75.4 Å². The molecule has 1 amide bonds. The van der Waals surface area contributed by atoms with Crippen LogP contribution in [0.2, 0.25) is 15.1 Å². The van der Waals surface area contributed by atoms with E-state index in [0.29, 0.717) is 43.6 Å². The van der Waals surface area contributed by atoms with Crippen molar-refractivity contribution in [3.63, 3.8) is 0 Å². The van der Waals surface area contributed by atoms with Gasteiger partial charge in [0.25, 0.3) is 5.91 Å². The van der Waals surface area contributed by atoms with Gasteiger partial charge in [-0.2, -0.15) is 0 Å². The summed E-state index contributed by atoms with van der Waals surface area (Å²) < 4.78 is 2.10. The molecule has 0 radical (unpaired) electrons. The molecule has 1 fully saturated rings. The number of carbonyl (C=O) groups is 1. The summed E-state index contributed by atoms with van der Waals surface area (Å²) >= 11 is 18.7. The number of amides is 1. The monoisotopic (exact) mass is 486 g/mol. The number of anilines is 3. The second-order valence-corrected chi connectivity index (χ2v) is 8.61. The average molecular weight is 488 g/mol. The number of nitrogens with one attached hydrogen (secondary N) is 3. The molecule has 3 heterocycles. The van der Waals surface area contributed by atoms with Crippen molar-refractivity contribution in [2.75, 3.05) is 23.7 Å². The van der Waals surface area contributed by atoms with Crippen molar-refractivity contribution in [2.24, 2.45) is 0 Å². The van der Waals surface area contributed by atoms with Gasteiger partial charge in [-0.3, -0.25) is 4.79 Å². The molecule has 0 saturated carbocycles. The summed E-state index contributed by atoms with van der Waals surface area (Å²) in [6, 6.07) is 14.2. The summed E-state index contributed by atoms with van der Waals surface area (Å²) in [5, 5.41) is 10.8. The Morgan fingerprint density at radius 2 is 1.84 bits per heavy atom. The Bertz CT molecular complexity index is 1310. The summed E-state index contributed by atoms with van der Waals surface area (Å²) in [7, 11) is 0. The summed E-state index contributed by atoms with van der Waals surface area (Å²) in [6.07, 6.45) is 1.53. The van der Waals surface area contributed by atoms with Gasteiger partial charge in [-0.15, -0.1) is 0 Å². The van der Waals surface area contributed by atoms with Crippen molar-refractivity contribution >= 4 is 69.2 Å². The quantitative estimate of drug-likeness (QED) is 0.345. The van der Waals surface area contributed by atoms with Gasteiger partial charge in [-0.25, -0.2) is 9.97 Å². The van der Waals surface area contributed by atoms with E-state index >= 15 is 0 Å². The molecule has 0 aliphatic carbocycles. The predicted octanol–water partition coefficient (Wildman–Crippen LogP) is 5.53. The first-order valence-corrected chi connectivity index (χ1v) is 11.0. The Morgan fingerprint density at radius 3 is 2.53 bits per heavy atom. The van der Waals surface area contributed by atoms with Crippen LogP contribution in [0, 0.1) is 0 Å². The fraction of sp³-hybridized carbons (Fsp3) is 0.136. The third kappa shape index (κ3) is 4.00. The first-order valence-electron chi connectivity index (χ1n) is 9.86. The highest BCUT2D eigenvalue weighted by atomic mass is 35.5. The molecular weight excluding hydrogens is 471 g/mol. The highest BCUT2D eigenvalue weighted by Crippen LogP contribution is 2.35. The van der Waals surface area contributed by atoms with Gasteiger partial charge in [-0.1, -0.05) is 40.9 Å². The van der Waals surface area contributed by atoms with Gasteiger partial charge in [-0.05, 0) is 42.5 Å². The lowest BCUT2D eigenvalue weighted by molar-refractivity contribution is 0.102. The topological polar surface area (TPSA) is 83.9 Å². The second-order valence-electron chi connectivity index (χ2n) is 7.36. The summed E-state index contributed by atoms with van der Waals surface area (Å²) in [6.45, 7) is 1.64. The number of imidazole rings is 1. The zero-order valence-electron chi connectivity index (χ0n) is 16.6. The van der Waals surface area contributed by atoms with Crippen molar-refractivity contribution < 1.29 is 4.79 Å². The molecule has 2 aromatic heterocycles. The molecule has 4 aromatic rings. The number of para-hydroxylation sites is 1. The molecule has 5 rings (SSSR count). The standard InChI is InChI=1S/C22H17Cl3N6O/c23-13-6-7-27-19(9-13)29-21(32)12-4-5-18-17(8-12)28-22(31(18)14-10-26-11-14)30-20-15(24)2-1-3-16(20)25/h1-9,14,26H,10-11H2,(H,28,30)(H,27,29,32). The highest BCUT2D eigenvalue weighted by Gasteiger charge is 2.25. The van der Waals surface area contributed by atoms with Crippen LogP contribution in [-0.4, -0.2) is 33.5 Å². The van der Waals surface area contributed by atoms with Crippen LogP contribution in [0.4, 0.5) is 17.5 Å². The van der Waals surface area contributed by atoms with Crippen molar-refractivity contribution in [2.45, 2.75) is 6.04 Å². The minimum absolute atomic E-state index is 0.221. The average Bonchev–Trinajstić information content (AvgIpc) is 3.07. The van der Waals surface area contributed by atoms with Gasteiger partial charge in [0, 0.05) is 29.9 Å². The lowest BCUT2D eigenvalue weighted by Gasteiger charge is -2.30. The van der Waals surface area contributed by atoms with Crippen LogP contribution in [0.5, 0.6) is 0 Å². The molecule has 10 heteroatoms. The minimum atomic E-state index is -0.301. The number of rotatable bonds is 5. The van der Waals surface area contributed by atoms with E-state index in [1.807, 2.05) is 6.07 Å². The van der Waals surface area contributed by atoms with E-state index in [1.165, 1.54) is 6.20 Å². The number of nitrogens with zero attached hydrogens (tertiary/aromatic N) is 3. The maximum atomic E-state index is 12.8. The molecule has 0 spiro atoms. The van der Waals surface area contributed by atoms with Crippen LogP contribution >= 0.6 is 34.8 Å². The molecular formula is C22H17Cl3N6O. The van der Waals surface area contributed by atoms with E-state index in [4.69, 9.17) is 39.8 Å². The summed E-state index contributed by atoms with van der Waals surface area (Å²) in [5.74, 6) is 0.685. The smallest absolute Gasteiger partial charge is 0.256 e. The Kier molecular flexibility index (Phi) is 5.65. The molecule has 32 heavy (non-hydrogen) atoms. The molecule has 162 valence electrons. The third-order valence-electron chi connectivity index (χ3n) is 5.24. The first kappa shape index (κ1) is 21.0. The summed E-state index contributed by atoms with van der Waals surface area (Å²) in [4.78, 5) is 21.6. The highest BCUT2D eigenvalue weighted by molar-refractivity contribution is 6.39. The first-order chi connectivity index (χ1) is 15.5. The van der Waals surface area contributed by atoms with E-state index in [2.05, 4.69) is 25.5 Å². The van der Waals surface area contributed by atoms with Crippen molar-refractivity contribution in [1.82, 2.24) is 19.9 Å². The number of fused-ring (bicyclic) bond motifs is 1. The number of carbonyl (C=O) groups excluding carboxylic acids is 1. The maximum absolute atomic E-state index is 12.8. The third-order valence-corrected chi connectivity index (χ3v) is 6.10. The molecule has 0 bridgehead atoms. The van der Waals surface area contributed by atoms with E-state index in [0.717, 1.165) is 18.6 Å². The van der Waals surface area contributed by atoms with Gasteiger partial charge >= 0.3 is 0 Å². The molecule has 1 aliphatic rings. The number of aromatic nitrogens is 3. The molecule has 3 N–H and O–H groups in total. The van der Waals surface area contributed by atoms with Crippen LogP contribution in [0.3, 0.4) is 0 Å². The van der Waals surface area contributed by atoms with Gasteiger partial charge in [0.1, 0.15) is 5.82 Å². The Morgan fingerprint density at radius 1 is 1.06 bits per heavy atom. The molecule has 7 nitrogen and oxygen atoms in total. The SMILES string of the molecule is O=C(Nc1cc(Cl)ccn1)c1ccc2c(c1)nc(Nc1c(Cl)cccc1Cl)n2C1CNC1.